The molecule has 0 fully saturated rings. The number of para-hydroxylation sites is 1. The summed E-state index contributed by atoms with van der Waals surface area (Å²) >= 11 is 8.33. The Kier molecular flexibility index (Phi) is 4.57. The molecule has 0 aliphatic carbocycles. The topological polar surface area (TPSA) is 55.3 Å². The molecule has 1 aromatic carbocycles. The van der Waals surface area contributed by atoms with Crippen LogP contribution in [0.2, 0.25) is 0 Å². The van der Waals surface area contributed by atoms with Crippen LogP contribution in [0.1, 0.15) is 17.0 Å². The summed E-state index contributed by atoms with van der Waals surface area (Å²) in [5, 5.41) is 4.17. The normalized spacial score (nSPS) is 10.9. The van der Waals surface area contributed by atoms with Gasteiger partial charge >= 0.3 is 0 Å². The second-order valence-electron chi connectivity index (χ2n) is 4.30. The Morgan fingerprint density at radius 2 is 1.95 bits per heavy atom. The number of benzene rings is 1. The van der Waals surface area contributed by atoms with Crippen LogP contribution in [0, 0.1) is 13.8 Å². The molecule has 2 aromatic rings. The van der Waals surface area contributed by atoms with Crippen molar-refractivity contribution in [1.82, 2.24) is 9.99 Å². The number of hydrogen-bond donors (Lipinski definition) is 2. The number of hydrogen-bond acceptors (Lipinski definition) is 2. The number of hydrazone groups is 1. The van der Waals surface area contributed by atoms with Crippen molar-refractivity contribution < 1.29 is 0 Å². The summed E-state index contributed by atoms with van der Waals surface area (Å²) in [4.78, 5) is 0. The monoisotopic (exact) mass is 350 g/mol. The first-order valence-corrected chi connectivity index (χ1v) is 7.24. The zero-order valence-electron chi connectivity index (χ0n) is 11.2. The van der Waals surface area contributed by atoms with Gasteiger partial charge in [0, 0.05) is 27.1 Å². The number of rotatable bonds is 3. The third kappa shape index (κ3) is 2.91. The predicted octanol–water partition coefficient (Wildman–Crippen LogP) is 3.02. The van der Waals surface area contributed by atoms with Crippen molar-refractivity contribution in [3.8, 4) is 5.69 Å². The van der Waals surface area contributed by atoms with Crippen LogP contribution in [-0.2, 0) is 0 Å². The molecule has 4 nitrogen and oxygen atoms in total. The van der Waals surface area contributed by atoms with Crippen molar-refractivity contribution in [2.75, 3.05) is 0 Å². The number of aromatic nitrogens is 1. The van der Waals surface area contributed by atoms with Crippen molar-refractivity contribution in [2.24, 2.45) is 10.8 Å². The zero-order chi connectivity index (χ0) is 14.7. The van der Waals surface area contributed by atoms with Gasteiger partial charge in [0.25, 0.3) is 0 Å². The van der Waals surface area contributed by atoms with Crippen LogP contribution in [0.4, 0.5) is 0 Å². The van der Waals surface area contributed by atoms with Crippen LogP contribution in [0.25, 0.3) is 5.69 Å². The van der Waals surface area contributed by atoms with Gasteiger partial charge in [-0.25, -0.2) is 0 Å². The predicted molar refractivity (Wildman–Crippen MR) is 90.5 cm³/mol. The molecule has 0 unspecified atom stereocenters. The van der Waals surface area contributed by atoms with Crippen molar-refractivity contribution >= 4 is 39.5 Å². The summed E-state index contributed by atoms with van der Waals surface area (Å²) in [5.74, 6) is 0. The summed E-state index contributed by atoms with van der Waals surface area (Å²) in [6.45, 7) is 4.11. The molecule has 3 N–H and O–H groups in total. The van der Waals surface area contributed by atoms with Gasteiger partial charge in [-0.2, -0.15) is 5.10 Å². The lowest BCUT2D eigenvalue weighted by molar-refractivity contribution is 0.961. The highest BCUT2D eigenvalue weighted by Crippen LogP contribution is 2.29. The molecule has 1 heterocycles. The highest BCUT2D eigenvalue weighted by atomic mass is 79.9. The molecule has 0 amide bonds. The largest absolute Gasteiger partial charge is 0.375 e. The fraction of sp³-hybridized carbons (Fsp3) is 0.143. The van der Waals surface area contributed by atoms with E-state index in [9.17, 15) is 0 Å². The lowest BCUT2D eigenvalue weighted by Crippen LogP contribution is -2.24. The van der Waals surface area contributed by atoms with E-state index in [4.69, 9.17) is 18.0 Å². The summed E-state index contributed by atoms with van der Waals surface area (Å²) in [7, 11) is 0. The smallest absolute Gasteiger partial charge is 0.184 e. The van der Waals surface area contributed by atoms with Crippen molar-refractivity contribution in [1.29, 1.82) is 0 Å². The van der Waals surface area contributed by atoms with Crippen molar-refractivity contribution in [3.05, 3.63) is 51.8 Å². The molecule has 0 saturated carbocycles. The summed E-state index contributed by atoms with van der Waals surface area (Å²) in [5.41, 5.74) is 12.2. The van der Waals surface area contributed by atoms with E-state index in [-0.39, 0.29) is 5.11 Å². The molecule has 0 spiro atoms. The third-order valence-corrected chi connectivity index (χ3v) is 4.09. The van der Waals surface area contributed by atoms with Crippen LogP contribution in [0.15, 0.2) is 39.9 Å². The van der Waals surface area contributed by atoms with Crippen molar-refractivity contribution in [3.63, 3.8) is 0 Å². The number of halogens is 1. The SMILES string of the molecule is Cc1c(Br)c(/C=N\NC(N)=S)c(C)n1-c1ccccc1. The van der Waals surface area contributed by atoms with Gasteiger partial charge in [-0.15, -0.1) is 0 Å². The van der Waals surface area contributed by atoms with Crippen LogP contribution in [-0.4, -0.2) is 15.9 Å². The number of nitrogens with one attached hydrogen (secondary N) is 1. The molecule has 0 bridgehead atoms. The van der Waals surface area contributed by atoms with Crippen LogP contribution in [0.5, 0.6) is 0 Å². The van der Waals surface area contributed by atoms with E-state index < -0.39 is 0 Å². The molecular formula is C14H15BrN4S. The Balaban J connectivity index is 2.47. The molecule has 0 radical (unpaired) electrons. The molecule has 104 valence electrons. The van der Waals surface area contributed by atoms with E-state index in [1.165, 1.54) is 0 Å². The summed E-state index contributed by atoms with van der Waals surface area (Å²) in [6.07, 6.45) is 1.71. The minimum atomic E-state index is 0.147. The highest BCUT2D eigenvalue weighted by Gasteiger charge is 2.15. The molecule has 20 heavy (non-hydrogen) atoms. The van der Waals surface area contributed by atoms with Gasteiger partial charge in [-0.05, 0) is 54.1 Å². The fourth-order valence-corrected chi connectivity index (χ4v) is 2.72. The van der Waals surface area contributed by atoms with E-state index in [0.29, 0.717) is 0 Å². The van der Waals surface area contributed by atoms with E-state index in [0.717, 1.165) is 27.1 Å². The fourth-order valence-electron chi connectivity index (χ4n) is 2.10. The molecular weight excluding hydrogens is 336 g/mol. The zero-order valence-corrected chi connectivity index (χ0v) is 13.6. The first kappa shape index (κ1) is 14.7. The number of thiocarbonyl (C=S) groups is 1. The first-order chi connectivity index (χ1) is 9.52. The van der Waals surface area contributed by atoms with Crippen LogP contribution < -0.4 is 11.2 Å². The Morgan fingerprint density at radius 3 is 2.55 bits per heavy atom. The maximum atomic E-state index is 5.35. The molecule has 0 atom stereocenters. The molecule has 6 heteroatoms. The quantitative estimate of drug-likeness (QED) is 0.508. The number of nitrogens with zero attached hydrogens (tertiary/aromatic N) is 2. The van der Waals surface area contributed by atoms with E-state index in [1.807, 2.05) is 25.1 Å². The number of nitrogens with two attached hydrogens (primary N) is 1. The van der Waals surface area contributed by atoms with E-state index in [1.54, 1.807) is 6.21 Å². The third-order valence-electron chi connectivity index (χ3n) is 3.00. The molecule has 0 saturated heterocycles. The van der Waals surface area contributed by atoms with E-state index >= 15 is 0 Å². The van der Waals surface area contributed by atoms with E-state index in [2.05, 4.69) is 50.1 Å². The minimum absolute atomic E-state index is 0.147. The standard InChI is InChI=1S/C14H15BrN4S/c1-9-12(8-17-18-14(16)20)13(15)10(2)19(9)11-6-4-3-5-7-11/h3-8H,1-2H3,(H3,16,18,20)/b17-8-. The Morgan fingerprint density at radius 1 is 1.30 bits per heavy atom. The molecule has 0 aliphatic rings. The lowest BCUT2D eigenvalue weighted by Gasteiger charge is -2.08. The highest BCUT2D eigenvalue weighted by molar-refractivity contribution is 9.10. The Bertz CT molecular complexity index is 662. The average Bonchev–Trinajstić information content (AvgIpc) is 2.63. The second-order valence-corrected chi connectivity index (χ2v) is 5.54. The maximum Gasteiger partial charge on any atom is 0.184 e. The molecule has 0 aliphatic heterocycles. The lowest BCUT2D eigenvalue weighted by atomic mass is 10.2. The van der Waals surface area contributed by atoms with Gasteiger partial charge in [0.1, 0.15) is 0 Å². The summed E-state index contributed by atoms with van der Waals surface area (Å²) < 4.78 is 3.18. The van der Waals surface area contributed by atoms with Crippen LogP contribution >= 0.6 is 28.1 Å². The Labute approximate surface area is 131 Å². The first-order valence-electron chi connectivity index (χ1n) is 6.03. The Hall–Kier alpha value is -1.66. The molecule has 1 aromatic heterocycles. The summed E-state index contributed by atoms with van der Waals surface area (Å²) in [6, 6.07) is 10.2. The maximum absolute atomic E-state index is 5.35. The molecule has 2 rings (SSSR count). The second kappa shape index (κ2) is 6.19. The van der Waals surface area contributed by atoms with Crippen molar-refractivity contribution in [2.45, 2.75) is 13.8 Å². The van der Waals surface area contributed by atoms with Gasteiger partial charge in [0.15, 0.2) is 5.11 Å². The van der Waals surface area contributed by atoms with Gasteiger partial charge in [-0.3, -0.25) is 5.43 Å². The average molecular weight is 351 g/mol. The van der Waals surface area contributed by atoms with Gasteiger partial charge in [0.2, 0.25) is 0 Å². The van der Waals surface area contributed by atoms with Gasteiger partial charge < -0.3 is 10.3 Å². The van der Waals surface area contributed by atoms with Gasteiger partial charge in [0.05, 0.1) is 6.21 Å². The van der Waals surface area contributed by atoms with Gasteiger partial charge in [-0.1, -0.05) is 18.2 Å². The minimum Gasteiger partial charge on any atom is -0.375 e. The van der Waals surface area contributed by atoms with Crippen LogP contribution in [0.3, 0.4) is 0 Å².